The summed E-state index contributed by atoms with van der Waals surface area (Å²) in [5, 5.41) is 2.57. The van der Waals surface area contributed by atoms with E-state index in [1.807, 2.05) is 30.3 Å². The molecule has 0 atom stereocenters. The molecule has 30 heavy (non-hydrogen) atoms. The molecule has 0 aliphatic heterocycles. The first-order valence-corrected chi connectivity index (χ1v) is 9.47. The van der Waals surface area contributed by atoms with Crippen LogP contribution in [-0.2, 0) is 22.3 Å². The van der Waals surface area contributed by atoms with E-state index in [9.17, 15) is 22.8 Å². The minimum atomic E-state index is -4.46. The standard InChI is InChI=1S/C23H22F3NO3/c24-23(25,26)21-15-7-5-12-19(21)11-4-6-13-20(28)14-8-16-27-22(29)30-17-18-9-2-1-3-10-18/h1-3,5,7,9-10,12,15H,6,8,13-14,16-17H2,(H,27,29). The normalized spacial score (nSPS) is 10.6. The number of alkyl carbamates (subject to hydrolysis) is 1. The number of ketones is 1. The van der Waals surface area contributed by atoms with Gasteiger partial charge in [0.15, 0.2) is 0 Å². The molecule has 0 unspecified atom stereocenters. The molecule has 2 aromatic carbocycles. The number of Topliss-reactive ketones (excluding diaryl/α,β-unsaturated/α-hetero) is 1. The minimum absolute atomic E-state index is 0.0622. The van der Waals surface area contributed by atoms with Gasteiger partial charge in [0.1, 0.15) is 12.4 Å². The van der Waals surface area contributed by atoms with Crippen molar-refractivity contribution in [1.82, 2.24) is 5.32 Å². The van der Waals surface area contributed by atoms with E-state index >= 15 is 0 Å². The van der Waals surface area contributed by atoms with Crippen LogP contribution in [0.1, 0.15) is 42.4 Å². The molecule has 0 bridgehead atoms. The highest BCUT2D eigenvalue weighted by molar-refractivity contribution is 5.78. The van der Waals surface area contributed by atoms with Gasteiger partial charge in [-0.3, -0.25) is 4.79 Å². The van der Waals surface area contributed by atoms with Gasteiger partial charge >= 0.3 is 12.3 Å². The molecule has 7 heteroatoms. The van der Waals surface area contributed by atoms with Gasteiger partial charge in [-0.25, -0.2) is 4.79 Å². The number of carbonyl (C=O) groups is 2. The monoisotopic (exact) mass is 417 g/mol. The number of amides is 1. The Kier molecular flexibility index (Phi) is 8.95. The third-order valence-corrected chi connectivity index (χ3v) is 4.10. The molecule has 0 saturated carbocycles. The molecule has 0 heterocycles. The Morgan fingerprint density at radius 2 is 1.67 bits per heavy atom. The van der Waals surface area contributed by atoms with Gasteiger partial charge < -0.3 is 10.1 Å². The van der Waals surface area contributed by atoms with Crippen LogP contribution >= 0.6 is 0 Å². The fraction of sp³-hybridized carbons (Fsp3) is 0.304. The summed E-state index contributed by atoms with van der Waals surface area (Å²) in [7, 11) is 0. The Morgan fingerprint density at radius 3 is 2.40 bits per heavy atom. The Balaban J connectivity index is 1.62. The van der Waals surface area contributed by atoms with Crippen LogP contribution in [-0.4, -0.2) is 18.4 Å². The summed E-state index contributed by atoms with van der Waals surface area (Å²) < 4.78 is 43.7. The zero-order valence-corrected chi connectivity index (χ0v) is 16.3. The van der Waals surface area contributed by atoms with Crippen LogP contribution in [0.15, 0.2) is 54.6 Å². The second-order valence-electron chi connectivity index (χ2n) is 6.48. The number of halogens is 3. The fourth-order valence-corrected chi connectivity index (χ4v) is 2.57. The van der Waals surface area contributed by atoms with Crippen LogP contribution in [0.5, 0.6) is 0 Å². The average Bonchev–Trinajstić information content (AvgIpc) is 2.73. The van der Waals surface area contributed by atoms with Crippen molar-refractivity contribution in [2.24, 2.45) is 0 Å². The Morgan fingerprint density at radius 1 is 0.967 bits per heavy atom. The molecule has 2 aromatic rings. The van der Waals surface area contributed by atoms with Crippen molar-refractivity contribution in [3.8, 4) is 11.8 Å². The molecule has 0 aliphatic carbocycles. The lowest BCUT2D eigenvalue weighted by molar-refractivity contribution is -0.137. The number of alkyl halides is 3. The molecule has 0 saturated heterocycles. The smallest absolute Gasteiger partial charge is 0.417 e. The topological polar surface area (TPSA) is 55.4 Å². The molecule has 2 rings (SSSR count). The van der Waals surface area contributed by atoms with E-state index in [4.69, 9.17) is 4.74 Å². The summed E-state index contributed by atoms with van der Waals surface area (Å²) in [6.45, 7) is 0.464. The van der Waals surface area contributed by atoms with Crippen molar-refractivity contribution in [2.75, 3.05) is 6.54 Å². The lowest BCUT2D eigenvalue weighted by atomic mass is 10.1. The van der Waals surface area contributed by atoms with Crippen molar-refractivity contribution in [3.05, 3.63) is 71.3 Å². The number of ether oxygens (including phenoxy) is 1. The predicted octanol–water partition coefficient (Wildman–Crippen LogP) is 5.11. The molecular formula is C23H22F3NO3. The van der Waals surface area contributed by atoms with Crippen molar-refractivity contribution in [1.29, 1.82) is 0 Å². The zero-order chi connectivity index (χ0) is 21.8. The highest BCUT2D eigenvalue weighted by atomic mass is 19.4. The van der Waals surface area contributed by atoms with Gasteiger partial charge in [-0.05, 0) is 24.1 Å². The van der Waals surface area contributed by atoms with Crippen LogP contribution in [0.3, 0.4) is 0 Å². The van der Waals surface area contributed by atoms with Crippen LogP contribution in [0.25, 0.3) is 0 Å². The number of carbonyl (C=O) groups excluding carboxylic acids is 2. The van der Waals surface area contributed by atoms with Gasteiger partial charge in [-0.15, -0.1) is 0 Å². The first-order chi connectivity index (χ1) is 14.4. The van der Waals surface area contributed by atoms with Crippen LogP contribution in [0.2, 0.25) is 0 Å². The third kappa shape index (κ3) is 8.39. The molecule has 0 spiro atoms. The van der Waals surface area contributed by atoms with Gasteiger partial charge in [0.25, 0.3) is 0 Å². The number of rotatable bonds is 8. The van der Waals surface area contributed by atoms with E-state index in [1.165, 1.54) is 18.2 Å². The van der Waals surface area contributed by atoms with E-state index in [0.29, 0.717) is 13.0 Å². The van der Waals surface area contributed by atoms with Crippen molar-refractivity contribution >= 4 is 11.9 Å². The lowest BCUT2D eigenvalue weighted by Gasteiger charge is -2.08. The summed E-state index contributed by atoms with van der Waals surface area (Å²) in [5.74, 6) is 5.05. The quantitative estimate of drug-likeness (QED) is 0.480. The second-order valence-corrected chi connectivity index (χ2v) is 6.48. The number of hydrogen-bond acceptors (Lipinski definition) is 3. The first kappa shape index (κ1) is 23.0. The Bertz CT molecular complexity index is 899. The predicted molar refractivity (Wildman–Crippen MR) is 106 cm³/mol. The number of nitrogens with one attached hydrogen (secondary N) is 1. The van der Waals surface area contributed by atoms with E-state index in [1.54, 1.807) is 0 Å². The maximum atomic E-state index is 12.9. The average molecular weight is 417 g/mol. The van der Waals surface area contributed by atoms with E-state index in [-0.39, 0.29) is 37.2 Å². The van der Waals surface area contributed by atoms with Crippen molar-refractivity contribution in [3.63, 3.8) is 0 Å². The largest absolute Gasteiger partial charge is 0.445 e. The summed E-state index contributed by atoms with van der Waals surface area (Å²) in [6, 6.07) is 14.3. The van der Waals surface area contributed by atoms with Crippen LogP contribution in [0.4, 0.5) is 18.0 Å². The zero-order valence-electron chi connectivity index (χ0n) is 16.3. The van der Waals surface area contributed by atoms with Gasteiger partial charge in [0.2, 0.25) is 0 Å². The fourth-order valence-electron chi connectivity index (χ4n) is 2.57. The van der Waals surface area contributed by atoms with E-state index in [0.717, 1.165) is 11.6 Å². The molecule has 0 radical (unpaired) electrons. The summed E-state index contributed by atoms with van der Waals surface area (Å²) in [6.07, 6.45) is -3.99. The summed E-state index contributed by atoms with van der Waals surface area (Å²) in [4.78, 5) is 23.4. The molecule has 1 amide bonds. The molecular weight excluding hydrogens is 395 g/mol. The molecule has 4 nitrogen and oxygen atoms in total. The lowest BCUT2D eigenvalue weighted by Crippen LogP contribution is -2.25. The van der Waals surface area contributed by atoms with Crippen LogP contribution in [0, 0.1) is 11.8 Å². The summed E-state index contributed by atoms with van der Waals surface area (Å²) >= 11 is 0. The molecule has 158 valence electrons. The van der Waals surface area contributed by atoms with Crippen LogP contribution < -0.4 is 5.32 Å². The van der Waals surface area contributed by atoms with Gasteiger partial charge in [0, 0.05) is 31.4 Å². The maximum absolute atomic E-state index is 12.9. The van der Waals surface area contributed by atoms with Crippen molar-refractivity contribution in [2.45, 2.75) is 38.5 Å². The third-order valence-electron chi connectivity index (χ3n) is 4.10. The second kappa shape index (κ2) is 11.7. The Labute approximate surface area is 173 Å². The highest BCUT2D eigenvalue weighted by Crippen LogP contribution is 2.31. The van der Waals surface area contributed by atoms with Crippen molar-refractivity contribution < 1.29 is 27.5 Å². The Hall–Kier alpha value is -3.27. The number of benzene rings is 2. The first-order valence-electron chi connectivity index (χ1n) is 9.47. The molecule has 0 aliphatic rings. The number of hydrogen-bond donors (Lipinski definition) is 1. The van der Waals surface area contributed by atoms with Gasteiger partial charge in [-0.1, -0.05) is 54.3 Å². The maximum Gasteiger partial charge on any atom is 0.417 e. The van der Waals surface area contributed by atoms with Gasteiger partial charge in [0.05, 0.1) is 5.56 Å². The molecule has 0 fully saturated rings. The molecule has 0 aromatic heterocycles. The summed E-state index contributed by atoms with van der Waals surface area (Å²) in [5.41, 5.74) is -0.00786. The highest BCUT2D eigenvalue weighted by Gasteiger charge is 2.32. The van der Waals surface area contributed by atoms with E-state index in [2.05, 4.69) is 17.2 Å². The van der Waals surface area contributed by atoms with E-state index < -0.39 is 17.8 Å². The SMILES string of the molecule is O=C(CCC#Cc1ccccc1C(F)(F)F)CCCNC(=O)OCc1ccccc1. The van der Waals surface area contributed by atoms with Gasteiger partial charge in [-0.2, -0.15) is 13.2 Å². The molecule has 1 N–H and O–H groups in total. The minimum Gasteiger partial charge on any atom is -0.445 e.